The predicted molar refractivity (Wildman–Crippen MR) is 69.5 cm³/mol. The highest BCUT2D eigenvalue weighted by Gasteiger charge is 1.99. The van der Waals surface area contributed by atoms with Crippen molar-refractivity contribution in [2.24, 2.45) is 0 Å². The third kappa shape index (κ3) is 11.7. The summed E-state index contributed by atoms with van der Waals surface area (Å²) in [5, 5.41) is 2.93. The Bertz CT molecular complexity index is 151. The molecule has 0 spiro atoms. The van der Waals surface area contributed by atoms with Crippen molar-refractivity contribution in [1.29, 1.82) is 0 Å². The average Bonchev–Trinajstić information content (AvgIpc) is 2.23. The minimum atomic E-state index is 0.220. The zero-order valence-corrected chi connectivity index (χ0v) is 10.8. The normalized spacial score (nSPS) is 10.3. The summed E-state index contributed by atoms with van der Waals surface area (Å²) < 4.78 is 0. The number of rotatable bonds is 10. The molecule has 2 nitrogen and oxygen atoms in total. The fourth-order valence-electron chi connectivity index (χ4n) is 1.42. The van der Waals surface area contributed by atoms with Crippen LogP contribution in [0.15, 0.2) is 0 Å². The highest BCUT2D eigenvalue weighted by Crippen LogP contribution is 2.05. The van der Waals surface area contributed by atoms with E-state index in [9.17, 15) is 4.79 Å². The van der Waals surface area contributed by atoms with Gasteiger partial charge in [0.05, 0.1) is 0 Å². The van der Waals surface area contributed by atoms with E-state index in [1.54, 1.807) is 0 Å². The standard InChI is InChI=1S/C12H25NOS/c1-2-3-10-13-12(14)9-7-5-4-6-8-11-15/h15H,2-11H2,1H3,(H,13,14). The zero-order chi connectivity index (χ0) is 11.4. The van der Waals surface area contributed by atoms with Crippen LogP contribution in [0, 0.1) is 0 Å². The summed E-state index contributed by atoms with van der Waals surface area (Å²) in [4.78, 5) is 11.3. The van der Waals surface area contributed by atoms with E-state index < -0.39 is 0 Å². The first-order valence-corrected chi connectivity index (χ1v) is 6.82. The largest absolute Gasteiger partial charge is 0.356 e. The maximum absolute atomic E-state index is 11.3. The molecule has 0 saturated carbocycles. The van der Waals surface area contributed by atoms with Gasteiger partial charge in [-0.1, -0.05) is 32.6 Å². The molecule has 0 unspecified atom stereocenters. The summed E-state index contributed by atoms with van der Waals surface area (Å²) in [6, 6.07) is 0. The molecule has 0 aliphatic rings. The smallest absolute Gasteiger partial charge is 0.219 e. The molecule has 90 valence electrons. The first-order valence-electron chi connectivity index (χ1n) is 6.18. The number of hydrogen-bond donors (Lipinski definition) is 2. The van der Waals surface area contributed by atoms with Crippen molar-refractivity contribution in [3.63, 3.8) is 0 Å². The van der Waals surface area contributed by atoms with Crippen molar-refractivity contribution >= 4 is 18.5 Å². The third-order valence-electron chi connectivity index (χ3n) is 2.41. The second kappa shape index (κ2) is 11.9. The van der Waals surface area contributed by atoms with Gasteiger partial charge in [0.2, 0.25) is 5.91 Å². The molecule has 0 aliphatic heterocycles. The van der Waals surface area contributed by atoms with Crippen molar-refractivity contribution < 1.29 is 4.79 Å². The van der Waals surface area contributed by atoms with Crippen molar-refractivity contribution in [2.75, 3.05) is 12.3 Å². The monoisotopic (exact) mass is 231 g/mol. The molecule has 0 aliphatic carbocycles. The Morgan fingerprint density at radius 2 is 1.73 bits per heavy atom. The van der Waals surface area contributed by atoms with Gasteiger partial charge in [0, 0.05) is 13.0 Å². The Kier molecular flexibility index (Phi) is 11.7. The summed E-state index contributed by atoms with van der Waals surface area (Å²) in [6.07, 6.45) is 8.83. The van der Waals surface area contributed by atoms with Crippen LogP contribution in [-0.2, 0) is 4.79 Å². The Morgan fingerprint density at radius 1 is 1.07 bits per heavy atom. The third-order valence-corrected chi connectivity index (χ3v) is 2.73. The van der Waals surface area contributed by atoms with E-state index in [0.29, 0.717) is 6.42 Å². The van der Waals surface area contributed by atoms with E-state index in [1.165, 1.54) is 25.7 Å². The number of nitrogens with one attached hydrogen (secondary N) is 1. The summed E-state index contributed by atoms with van der Waals surface area (Å²) >= 11 is 4.16. The number of unbranched alkanes of at least 4 members (excludes halogenated alkanes) is 5. The number of amides is 1. The fraction of sp³-hybridized carbons (Fsp3) is 0.917. The fourth-order valence-corrected chi connectivity index (χ4v) is 1.64. The highest BCUT2D eigenvalue weighted by atomic mass is 32.1. The van der Waals surface area contributed by atoms with Gasteiger partial charge in [0.1, 0.15) is 0 Å². The van der Waals surface area contributed by atoms with Crippen LogP contribution >= 0.6 is 12.6 Å². The molecule has 0 aromatic carbocycles. The predicted octanol–water partition coefficient (Wildman–Crippen LogP) is 3.17. The number of carbonyl (C=O) groups excluding carboxylic acids is 1. The maximum Gasteiger partial charge on any atom is 0.219 e. The molecule has 0 saturated heterocycles. The molecule has 3 heteroatoms. The van der Waals surface area contributed by atoms with Crippen LogP contribution in [0.3, 0.4) is 0 Å². The lowest BCUT2D eigenvalue weighted by molar-refractivity contribution is -0.121. The van der Waals surface area contributed by atoms with E-state index >= 15 is 0 Å². The van der Waals surface area contributed by atoms with E-state index in [1.807, 2.05) is 0 Å². The van der Waals surface area contributed by atoms with Gasteiger partial charge >= 0.3 is 0 Å². The SMILES string of the molecule is CCCCNC(=O)CCCCCCCS. The van der Waals surface area contributed by atoms with Crippen molar-refractivity contribution in [3.8, 4) is 0 Å². The number of carbonyl (C=O) groups is 1. The van der Waals surface area contributed by atoms with Gasteiger partial charge in [-0.25, -0.2) is 0 Å². The van der Waals surface area contributed by atoms with Crippen LogP contribution < -0.4 is 5.32 Å². The van der Waals surface area contributed by atoms with Crippen LogP contribution in [0.1, 0.15) is 58.3 Å². The molecular weight excluding hydrogens is 206 g/mol. The highest BCUT2D eigenvalue weighted by molar-refractivity contribution is 7.80. The molecule has 0 radical (unpaired) electrons. The van der Waals surface area contributed by atoms with Crippen LogP contribution in [0.4, 0.5) is 0 Å². The molecule has 15 heavy (non-hydrogen) atoms. The lowest BCUT2D eigenvalue weighted by Gasteiger charge is -2.03. The molecule has 0 atom stereocenters. The van der Waals surface area contributed by atoms with Crippen LogP contribution in [-0.4, -0.2) is 18.2 Å². The molecule has 0 heterocycles. The molecule has 1 amide bonds. The number of hydrogen-bond acceptors (Lipinski definition) is 2. The van der Waals surface area contributed by atoms with Gasteiger partial charge in [0.25, 0.3) is 0 Å². The van der Waals surface area contributed by atoms with E-state index in [4.69, 9.17) is 0 Å². The minimum Gasteiger partial charge on any atom is -0.356 e. The Hall–Kier alpha value is -0.180. The molecule has 0 rings (SSSR count). The van der Waals surface area contributed by atoms with E-state index in [2.05, 4.69) is 24.9 Å². The van der Waals surface area contributed by atoms with Gasteiger partial charge in [-0.15, -0.1) is 0 Å². The maximum atomic E-state index is 11.3. The lowest BCUT2D eigenvalue weighted by Crippen LogP contribution is -2.23. The van der Waals surface area contributed by atoms with Crippen molar-refractivity contribution in [3.05, 3.63) is 0 Å². The summed E-state index contributed by atoms with van der Waals surface area (Å²) in [5.41, 5.74) is 0. The van der Waals surface area contributed by atoms with Crippen LogP contribution in [0.25, 0.3) is 0 Å². The summed E-state index contributed by atoms with van der Waals surface area (Å²) in [6.45, 7) is 2.97. The first-order chi connectivity index (χ1) is 7.31. The molecule has 0 aromatic heterocycles. The second-order valence-electron chi connectivity index (χ2n) is 3.94. The van der Waals surface area contributed by atoms with Gasteiger partial charge < -0.3 is 5.32 Å². The van der Waals surface area contributed by atoms with Crippen LogP contribution in [0.2, 0.25) is 0 Å². The second-order valence-corrected chi connectivity index (χ2v) is 4.39. The molecule has 0 bridgehead atoms. The lowest BCUT2D eigenvalue weighted by atomic mass is 10.1. The Morgan fingerprint density at radius 3 is 2.40 bits per heavy atom. The zero-order valence-electron chi connectivity index (χ0n) is 9.93. The quantitative estimate of drug-likeness (QED) is 0.439. The summed E-state index contributed by atoms with van der Waals surface area (Å²) in [5.74, 6) is 1.20. The molecule has 1 N–H and O–H groups in total. The Balaban J connectivity index is 3.10. The van der Waals surface area contributed by atoms with Crippen molar-refractivity contribution in [1.82, 2.24) is 5.32 Å². The van der Waals surface area contributed by atoms with Gasteiger partial charge in [-0.3, -0.25) is 4.79 Å². The summed E-state index contributed by atoms with van der Waals surface area (Å²) in [7, 11) is 0. The van der Waals surface area contributed by atoms with Gasteiger partial charge in [-0.05, 0) is 25.0 Å². The minimum absolute atomic E-state index is 0.220. The van der Waals surface area contributed by atoms with Gasteiger partial charge in [-0.2, -0.15) is 12.6 Å². The van der Waals surface area contributed by atoms with E-state index in [0.717, 1.165) is 31.6 Å². The van der Waals surface area contributed by atoms with Crippen LogP contribution in [0.5, 0.6) is 0 Å². The molecular formula is C12H25NOS. The number of thiol groups is 1. The molecule has 0 fully saturated rings. The molecule has 0 aromatic rings. The van der Waals surface area contributed by atoms with E-state index in [-0.39, 0.29) is 5.91 Å². The van der Waals surface area contributed by atoms with Crippen molar-refractivity contribution in [2.45, 2.75) is 58.3 Å². The van der Waals surface area contributed by atoms with Gasteiger partial charge in [0.15, 0.2) is 0 Å². The average molecular weight is 231 g/mol. The topological polar surface area (TPSA) is 29.1 Å². The first kappa shape index (κ1) is 14.8. The Labute approximate surface area is 99.6 Å².